The minimum atomic E-state index is -0.468. The van der Waals surface area contributed by atoms with Crippen LogP contribution in [0.4, 0.5) is 0 Å². The number of hydrogen-bond acceptors (Lipinski definition) is 3. The summed E-state index contributed by atoms with van der Waals surface area (Å²) in [5.41, 5.74) is 1.90. The predicted octanol–water partition coefficient (Wildman–Crippen LogP) is 2.85. The average Bonchev–Trinajstić information content (AvgIpc) is 2.88. The summed E-state index contributed by atoms with van der Waals surface area (Å²) in [5.74, 6) is 0.773. The van der Waals surface area contributed by atoms with E-state index >= 15 is 0 Å². The van der Waals surface area contributed by atoms with Gasteiger partial charge in [-0.3, -0.25) is 4.68 Å². The van der Waals surface area contributed by atoms with Crippen LogP contribution in [0.1, 0.15) is 43.1 Å². The molecule has 0 saturated carbocycles. The summed E-state index contributed by atoms with van der Waals surface area (Å²) in [5, 5.41) is 14.5. The summed E-state index contributed by atoms with van der Waals surface area (Å²) in [7, 11) is 0. The van der Waals surface area contributed by atoms with Crippen LogP contribution in [0.25, 0.3) is 0 Å². The van der Waals surface area contributed by atoms with Gasteiger partial charge < -0.3 is 9.84 Å². The van der Waals surface area contributed by atoms with E-state index in [9.17, 15) is 5.11 Å². The van der Waals surface area contributed by atoms with Crippen molar-refractivity contribution in [1.82, 2.24) is 9.78 Å². The Balaban J connectivity index is 1.84. The van der Waals surface area contributed by atoms with E-state index in [0.29, 0.717) is 6.42 Å². The van der Waals surface area contributed by atoms with Gasteiger partial charge in [-0.15, -0.1) is 0 Å². The largest absolute Gasteiger partial charge is 0.485 e. The summed E-state index contributed by atoms with van der Waals surface area (Å²) in [6.45, 7) is 3.03. The molecule has 4 nitrogen and oxygen atoms in total. The molecule has 1 aromatic heterocycles. The Morgan fingerprint density at radius 2 is 2.26 bits per heavy atom. The van der Waals surface area contributed by atoms with E-state index < -0.39 is 6.10 Å². The maximum absolute atomic E-state index is 10.2. The standard InChI is InChI=1S/C15H18N2O2/c1-2-7-17-10-11(9-16-17)15-8-13(18)12-5-3-4-6-14(12)19-15/h3-6,9-10,13,15,18H,2,7-8H2,1H3/t13-,15?/m0/s1. The van der Waals surface area contributed by atoms with E-state index in [4.69, 9.17) is 4.74 Å². The van der Waals surface area contributed by atoms with Crippen molar-refractivity contribution in [2.24, 2.45) is 0 Å². The first-order chi connectivity index (χ1) is 9.28. The Bertz CT molecular complexity index is 565. The van der Waals surface area contributed by atoms with Gasteiger partial charge in [0.05, 0.1) is 12.3 Å². The number of hydrogen-bond donors (Lipinski definition) is 1. The third-order valence-corrected chi connectivity index (χ3v) is 3.46. The molecule has 2 heterocycles. The molecular weight excluding hydrogens is 240 g/mol. The van der Waals surface area contributed by atoms with Gasteiger partial charge in [-0.05, 0) is 12.5 Å². The number of aromatic nitrogens is 2. The van der Waals surface area contributed by atoms with Crippen LogP contribution < -0.4 is 4.74 Å². The summed E-state index contributed by atoms with van der Waals surface area (Å²) in [6, 6.07) is 7.66. The Labute approximate surface area is 112 Å². The zero-order valence-electron chi connectivity index (χ0n) is 11.0. The molecule has 0 saturated heterocycles. The Morgan fingerprint density at radius 1 is 1.42 bits per heavy atom. The van der Waals surface area contributed by atoms with Crippen LogP contribution in [0.3, 0.4) is 0 Å². The third kappa shape index (κ3) is 2.36. The molecule has 0 bridgehead atoms. The van der Waals surface area contributed by atoms with Gasteiger partial charge in [0.2, 0.25) is 0 Å². The Morgan fingerprint density at radius 3 is 3.11 bits per heavy atom. The van der Waals surface area contributed by atoms with Crippen molar-refractivity contribution in [2.75, 3.05) is 0 Å². The lowest BCUT2D eigenvalue weighted by Gasteiger charge is -2.28. The Kier molecular flexibility index (Phi) is 3.25. The first-order valence-corrected chi connectivity index (χ1v) is 6.74. The molecule has 0 fully saturated rings. The number of rotatable bonds is 3. The molecular formula is C15H18N2O2. The molecule has 1 unspecified atom stereocenters. The highest BCUT2D eigenvalue weighted by Gasteiger charge is 2.28. The summed E-state index contributed by atoms with van der Waals surface area (Å²) in [6.07, 6.45) is 4.89. The Hall–Kier alpha value is -1.81. The van der Waals surface area contributed by atoms with E-state index in [0.717, 1.165) is 29.8 Å². The van der Waals surface area contributed by atoms with Crippen LogP contribution >= 0.6 is 0 Å². The molecule has 0 amide bonds. The van der Waals surface area contributed by atoms with Crippen LogP contribution in [0.2, 0.25) is 0 Å². The molecule has 0 radical (unpaired) electrons. The van der Waals surface area contributed by atoms with Crippen LogP contribution in [-0.2, 0) is 6.54 Å². The fourth-order valence-electron chi connectivity index (χ4n) is 2.50. The lowest BCUT2D eigenvalue weighted by molar-refractivity contribution is 0.0657. The highest BCUT2D eigenvalue weighted by Crippen LogP contribution is 2.40. The zero-order valence-corrected chi connectivity index (χ0v) is 11.0. The maximum Gasteiger partial charge on any atom is 0.130 e. The number of aliphatic hydroxyl groups excluding tert-OH is 1. The second-order valence-electron chi connectivity index (χ2n) is 4.93. The first-order valence-electron chi connectivity index (χ1n) is 6.74. The van der Waals surface area contributed by atoms with Gasteiger partial charge in [0.1, 0.15) is 11.9 Å². The van der Waals surface area contributed by atoms with E-state index in [2.05, 4.69) is 12.0 Å². The van der Waals surface area contributed by atoms with Gasteiger partial charge in [-0.2, -0.15) is 5.10 Å². The molecule has 100 valence electrons. The van der Waals surface area contributed by atoms with Crippen LogP contribution in [0.5, 0.6) is 5.75 Å². The fraction of sp³-hybridized carbons (Fsp3) is 0.400. The number of nitrogens with zero attached hydrogens (tertiary/aromatic N) is 2. The third-order valence-electron chi connectivity index (χ3n) is 3.46. The topological polar surface area (TPSA) is 47.3 Å². The minimum Gasteiger partial charge on any atom is -0.485 e. The zero-order chi connectivity index (χ0) is 13.2. The van der Waals surface area contributed by atoms with Crippen molar-refractivity contribution in [3.63, 3.8) is 0 Å². The molecule has 3 rings (SSSR count). The second-order valence-corrected chi connectivity index (χ2v) is 4.93. The van der Waals surface area contributed by atoms with Crippen LogP contribution in [-0.4, -0.2) is 14.9 Å². The van der Waals surface area contributed by atoms with E-state index in [1.165, 1.54) is 0 Å². The van der Waals surface area contributed by atoms with Crippen LogP contribution in [0, 0.1) is 0 Å². The molecule has 1 aliphatic rings. The lowest BCUT2D eigenvalue weighted by atomic mass is 9.96. The quantitative estimate of drug-likeness (QED) is 0.920. The SMILES string of the molecule is CCCn1cc(C2C[C@H](O)c3ccccc3O2)cn1. The van der Waals surface area contributed by atoms with Crippen molar-refractivity contribution < 1.29 is 9.84 Å². The van der Waals surface area contributed by atoms with E-state index in [-0.39, 0.29) is 6.10 Å². The summed E-state index contributed by atoms with van der Waals surface area (Å²) in [4.78, 5) is 0. The summed E-state index contributed by atoms with van der Waals surface area (Å²) >= 11 is 0. The van der Waals surface area contributed by atoms with Gasteiger partial charge in [-0.25, -0.2) is 0 Å². The van der Waals surface area contributed by atoms with Gasteiger partial charge in [0.25, 0.3) is 0 Å². The minimum absolute atomic E-state index is 0.115. The molecule has 19 heavy (non-hydrogen) atoms. The van der Waals surface area contributed by atoms with Gasteiger partial charge >= 0.3 is 0 Å². The maximum atomic E-state index is 10.2. The normalized spacial score (nSPS) is 21.8. The fourth-order valence-corrected chi connectivity index (χ4v) is 2.50. The molecule has 2 aromatic rings. The van der Waals surface area contributed by atoms with Crippen molar-refractivity contribution >= 4 is 0 Å². The van der Waals surface area contributed by atoms with Crippen molar-refractivity contribution in [1.29, 1.82) is 0 Å². The number of ether oxygens (including phenoxy) is 1. The number of aryl methyl sites for hydroxylation is 1. The van der Waals surface area contributed by atoms with Crippen molar-refractivity contribution in [3.8, 4) is 5.75 Å². The number of benzene rings is 1. The highest BCUT2D eigenvalue weighted by atomic mass is 16.5. The summed E-state index contributed by atoms with van der Waals surface area (Å²) < 4.78 is 7.89. The van der Waals surface area contributed by atoms with Crippen LogP contribution in [0.15, 0.2) is 36.7 Å². The molecule has 1 aliphatic heterocycles. The number of aliphatic hydroxyl groups is 1. The van der Waals surface area contributed by atoms with Crippen molar-refractivity contribution in [3.05, 3.63) is 47.8 Å². The van der Waals surface area contributed by atoms with E-state index in [1.807, 2.05) is 41.3 Å². The molecule has 2 atom stereocenters. The molecule has 0 spiro atoms. The molecule has 1 N–H and O–H groups in total. The molecule has 0 aliphatic carbocycles. The van der Waals surface area contributed by atoms with Gasteiger partial charge in [-0.1, -0.05) is 25.1 Å². The van der Waals surface area contributed by atoms with Gasteiger partial charge in [0, 0.05) is 30.3 Å². The first kappa shape index (κ1) is 12.2. The molecule has 1 aromatic carbocycles. The van der Waals surface area contributed by atoms with E-state index in [1.54, 1.807) is 0 Å². The predicted molar refractivity (Wildman–Crippen MR) is 71.9 cm³/mol. The second kappa shape index (κ2) is 5.05. The smallest absolute Gasteiger partial charge is 0.130 e. The van der Waals surface area contributed by atoms with Crippen molar-refractivity contribution in [2.45, 2.75) is 38.5 Å². The lowest BCUT2D eigenvalue weighted by Crippen LogP contribution is -2.18. The monoisotopic (exact) mass is 258 g/mol. The average molecular weight is 258 g/mol. The number of para-hydroxylation sites is 1. The molecule has 4 heteroatoms. The highest BCUT2D eigenvalue weighted by molar-refractivity contribution is 5.37. The van der Waals surface area contributed by atoms with Gasteiger partial charge in [0.15, 0.2) is 0 Å². The number of fused-ring (bicyclic) bond motifs is 1.